The molecule has 0 unspecified atom stereocenters. The first-order valence-electron chi connectivity index (χ1n) is 5.72. The molecule has 2 aromatic rings. The first kappa shape index (κ1) is 14.8. The van der Waals surface area contributed by atoms with Gasteiger partial charge in [0.1, 0.15) is 5.69 Å². The number of nitrogens with one attached hydrogen (secondary N) is 1. The zero-order valence-corrected chi connectivity index (χ0v) is 12.0. The van der Waals surface area contributed by atoms with E-state index in [0.29, 0.717) is 0 Å². The molecule has 0 atom stereocenters. The van der Waals surface area contributed by atoms with Crippen molar-refractivity contribution in [2.45, 2.75) is 13.5 Å². The molecule has 0 amide bonds. The SMILES string of the molecule is Cc1cc(CNc2c(F)c(F)cc(F)c2F)ccc1Br. The fourth-order valence-corrected chi connectivity index (χ4v) is 1.98. The monoisotopic (exact) mass is 347 g/mol. The van der Waals surface area contributed by atoms with Crippen LogP contribution in [-0.2, 0) is 6.54 Å². The first-order valence-corrected chi connectivity index (χ1v) is 6.51. The minimum absolute atomic E-state index is 0.0465. The molecule has 20 heavy (non-hydrogen) atoms. The quantitative estimate of drug-likeness (QED) is 0.613. The van der Waals surface area contributed by atoms with Crippen molar-refractivity contribution in [3.05, 3.63) is 63.1 Å². The van der Waals surface area contributed by atoms with E-state index >= 15 is 0 Å². The van der Waals surface area contributed by atoms with Crippen LogP contribution in [0, 0.1) is 30.2 Å². The number of aryl methyl sites for hydroxylation is 1. The summed E-state index contributed by atoms with van der Waals surface area (Å²) >= 11 is 3.33. The fraction of sp³-hybridized carbons (Fsp3) is 0.143. The van der Waals surface area contributed by atoms with Crippen LogP contribution in [0.3, 0.4) is 0 Å². The molecule has 0 aliphatic carbocycles. The van der Waals surface area contributed by atoms with Crippen molar-refractivity contribution in [1.82, 2.24) is 0 Å². The molecule has 0 heterocycles. The van der Waals surface area contributed by atoms with Gasteiger partial charge in [0.25, 0.3) is 0 Å². The van der Waals surface area contributed by atoms with Crippen LogP contribution in [0.25, 0.3) is 0 Å². The lowest BCUT2D eigenvalue weighted by Gasteiger charge is -2.11. The van der Waals surface area contributed by atoms with Gasteiger partial charge in [-0.25, -0.2) is 17.6 Å². The lowest BCUT2D eigenvalue weighted by atomic mass is 10.1. The third-order valence-electron chi connectivity index (χ3n) is 2.80. The molecule has 1 N–H and O–H groups in total. The van der Waals surface area contributed by atoms with Crippen LogP contribution in [-0.4, -0.2) is 0 Å². The van der Waals surface area contributed by atoms with Crippen LogP contribution in [0.5, 0.6) is 0 Å². The Bertz CT molecular complexity index is 632. The third kappa shape index (κ3) is 2.95. The van der Waals surface area contributed by atoms with E-state index in [1.165, 1.54) is 0 Å². The number of anilines is 1. The predicted molar refractivity (Wildman–Crippen MR) is 72.5 cm³/mol. The third-order valence-corrected chi connectivity index (χ3v) is 3.69. The number of rotatable bonds is 3. The van der Waals surface area contributed by atoms with Gasteiger partial charge in [0, 0.05) is 17.1 Å². The van der Waals surface area contributed by atoms with Crippen LogP contribution in [0.1, 0.15) is 11.1 Å². The number of hydrogen-bond acceptors (Lipinski definition) is 1. The van der Waals surface area contributed by atoms with Gasteiger partial charge >= 0.3 is 0 Å². The summed E-state index contributed by atoms with van der Waals surface area (Å²) in [5.74, 6) is -5.73. The zero-order chi connectivity index (χ0) is 14.9. The zero-order valence-electron chi connectivity index (χ0n) is 10.4. The highest BCUT2D eigenvalue weighted by atomic mass is 79.9. The Kier molecular flexibility index (Phi) is 4.32. The van der Waals surface area contributed by atoms with Crippen molar-refractivity contribution in [3.63, 3.8) is 0 Å². The Morgan fingerprint density at radius 2 is 1.60 bits per heavy atom. The summed E-state index contributed by atoms with van der Waals surface area (Å²) in [6.07, 6.45) is 0. The summed E-state index contributed by atoms with van der Waals surface area (Å²) < 4.78 is 53.8. The second kappa shape index (κ2) is 5.83. The van der Waals surface area contributed by atoms with E-state index in [-0.39, 0.29) is 12.6 Å². The molecule has 0 fully saturated rings. The molecule has 0 spiro atoms. The van der Waals surface area contributed by atoms with E-state index in [2.05, 4.69) is 21.2 Å². The maximum absolute atomic E-state index is 13.4. The lowest BCUT2D eigenvalue weighted by molar-refractivity contribution is 0.458. The maximum Gasteiger partial charge on any atom is 0.185 e. The Hall–Kier alpha value is -1.56. The summed E-state index contributed by atoms with van der Waals surface area (Å²) in [4.78, 5) is 0. The molecule has 0 radical (unpaired) electrons. The summed E-state index contributed by atoms with van der Waals surface area (Å²) in [6, 6.07) is 5.49. The molecule has 2 aromatic carbocycles. The molecule has 6 heteroatoms. The van der Waals surface area contributed by atoms with Gasteiger partial charge in [-0.05, 0) is 24.1 Å². The summed E-state index contributed by atoms with van der Waals surface area (Å²) in [6.45, 7) is 1.90. The smallest absolute Gasteiger partial charge is 0.185 e. The highest BCUT2D eigenvalue weighted by Gasteiger charge is 2.18. The van der Waals surface area contributed by atoms with Crippen LogP contribution >= 0.6 is 15.9 Å². The van der Waals surface area contributed by atoms with Crippen LogP contribution < -0.4 is 5.32 Å². The molecule has 0 aliphatic rings. The normalized spacial score (nSPS) is 10.7. The Morgan fingerprint density at radius 1 is 1.00 bits per heavy atom. The van der Waals surface area contributed by atoms with Crippen LogP contribution in [0.15, 0.2) is 28.7 Å². The van der Waals surface area contributed by atoms with Gasteiger partial charge in [-0.2, -0.15) is 0 Å². The van der Waals surface area contributed by atoms with Crippen molar-refractivity contribution in [1.29, 1.82) is 0 Å². The summed E-state index contributed by atoms with van der Waals surface area (Å²) in [7, 11) is 0. The lowest BCUT2D eigenvalue weighted by Crippen LogP contribution is -2.07. The fourth-order valence-electron chi connectivity index (χ4n) is 1.74. The Balaban J connectivity index is 2.25. The number of benzene rings is 2. The van der Waals surface area contributed by atoms with E-state index in [9.17, 15) is 17.6 Å². The average molecular weight is 348 g/mol. The summed E-state index contributed by atoms with van der Waals surface area (Å²) in [5, 5.41) is 2.38. The topological polar surface area (TPSA) is 12.0 Å². The van der Waals surface area contributed by atoms with E-state index < -0.39 is 29.0 Å². The van der Waals surface area contributed by atoms with Crippen molar-refractivity contribution >= 4 is 21.6 Å². The molecule has 106 valence electrons. The standard InChI is InChI=1S/C14H10BrF4N/c1-7-4-8(2-3-9(7)15)6-20-14-12(18)10(16)5-11(17)13(14)19/h2-5,20H,6H2,1H3. The summed E-state index contributed by atoms with van der Waals surface area (Å²) in [5.41, 5.74) is 0.868. The van der Waals surface area contributed by atoms with Gasteiger partial charge in [-0.1, -0.05) is 28.1 Å². The number of hydrogen-bond donors (Lipinski definition) is 1. The molecule has 0 aromatic heterocycles. The minimum atomic E-state index is -1.43. The molecule has 0 aliphatic heterocycles. The second-order valence-electron chi connectivity index (χ2n) is 4.28. The second-order valence-corrected chi connectivity index (χ2v) is 5.13. The van der Waals surface area contributed by atoms with Crippen molar-refractivity contribution < 1.29 is 17.6 Å². The molecule has 0 saturated carbocycles. The van der Waals surface area contributed by atoms with E-state index in [4.69, 9.17) is 0 Å². The van der Waals surface area contributed by atoms with E-state index in [1.54, 1.807) is 18.2 Å². The van der Waals surface area contributed by atoms with Gasteiger partial charge in [0.2, 0.25) is 0 Å². The largest absolute Gasteiger partial charge is 0.376 e. The van der Waals surface area contributed by atoms with Gasteiger partial charge in [-0.15, -0.1) is 0 Å². The van der Waals surface area contributed by atoms with Gasteiger partial charge in [-0.3, -0.25) is 0 Å². The Morgan fingerprint density at radius 3 is 2.15 bits per heavy atom. The molecule has 0 saturated heterocycles. The minimum Gasteiger partial charge on any atom is -0.376 e. The van der Waals surface area contributed by atoms with Crippen molar-refractivity contribution in [2.75, 3.05) is 5.32 Å². The van der Waals surface area contributed by atoms with Crippen molar-refractivity contribution in [3.8, 4) is 0 Å². The highest BCUT2D eigenvalue weighted by molar-refractivity contribution is 9.10. The van der Waals surface area contributed by atoms with Crippen LogP contribution in [0.2, 0.25) is 0 Å². The van der Waals surface area contributed by atoms with Crippen molar-refractivity contribution in [2.24, 2.45) is 0 Å². The van der Waals surface area contributed by atoms with Crippen LogP contribution in [0.4, 0.5) is 23.2 Å². The molecule has 0 bridgehead atoms. The Labute approximate surface area is 121 Å². The number of halogens is 5. The predicted octanol–water partition coefficient (Wildman–Crippen LogP) is 4.93. The van der Waals surface area contributed by atoms with Gasteiger partial charge in [0.15, 0.2) is 23.3 Å². The highest BCUT2D eigenvalue weighted by Crippen LogP contribution is 2.25. The van der Waals surface area contributed by atoms with E-state index in [0.717, 1.165) is 15.6 Å². The molecule has 2 rings (SSSR count). The van der Waals surface area contributed by atoms with Gasteiger partial charge in [0.05, 0.1) is 0 Å². The van der Waals surface area contributed by atoms with Gasteiger partial charge < -0.3 is 5.32 Å². The maximum atomic E-state index is 13.4. The van der Waals surface area contributed by atoms with E-state index in [1.807, 2.05) is 6.92 Å². The molecular weight excluding hydrogens is 338 g/mol. The molecular formula is C14H10BrF4N. The average Bonchev–Trinajstić information content (AvgIpc) is 2.40. The molecule has 1 nitrogen and oxygen atoms in total. The first-order chi connectivity index (χ1) is 9.40.